The number of piperidine rings is 1. The lowest BCUT2D eigenvalue weighted by atomic mass is 9.99. The van der Waals surface area contributed by atoms with E-state index in [-0.39, 0.29) is 6.61 Å². The number of nitrogens with zero attached hydrogens (tertiary/aromatic N) is 3. The molecular weight excluding hydrogens is 250 g/mol. The van der Waals surface area contributed by atoms with Crippen LogP contribution in [0.15, 0.2) is 0 Å². The molecule has 100 valence electrons. The number of anilines is 1. The highest BCUT2D eigenvalue weighted by Crippen LogP contribution is 2.29. The van der Waals surface area contributed by atoms with Crippen molar-refractivity contribution in [2.45, 2.75) is 45.6 Å². The lowest BCUT2D eigenvalue weighted by molar-refractivity contribution is 0.262. The van der Waals surface area contributed by atoms with Gasteiger partial charge in [-0.1, -0.05) is 11.6 Å². The van der Waals surface area contributed by atoms with Crippen LogP contribution in [0.3, 0.4) is 0 Å². The molecule has 2 rings (SSSR count). The molecule has 0 aromatic carbocycles. The van der Waals surface area contributed by atoms with Gasteiger partial charge in [0, 0.05) is 19.2 Å². The van der Waals surface area contributed by atoms with Crippen LogP contribution in [0.25, 0.3) is 0 Å². The van der Waals surface area contributed by atoms with E-state index in [4.69, 9.17) is 16.7 Å². The summed E-state index contributed by atoms with van der Waals surface area (Å²) in [7, 11) is 0. The fraction of sp³-hybridized carbons (Fsp3) is 0.692. The molecule has 4 nitrogen and oxygen atoms in total. The van der Waals surface area contributed by atoms with Crippen molar-refractivity contribution >= 4 is 17.4 Å². The van der Waals surface area contributed by atoms with E-state index in [1.54, 1.807) is 0 Å². The third-order valence-corrected chi connectivity index (χ3v) is 4.16. The largest absolute Gasteiger partial charge is 0.396 e. The number of rotatable bonds is 3. The van der Waals surface area contributed by atoms with Crippen molar-refractivity contribution in [1.29, 1.82) is 0 Å². The zero-order valence-corrected chi connectivity index (χ0v) is 11.7. The van der Waals surface area contributed by atoms with E-state index >= 15 is 0 Å². The predicted molar refractivity (Wildman–Crippen MR) is 73.2 cm³/mol. The normalized spacial score (nSPS) is 20.2. The highest BCUT2D eigenvalue weighted by molar-refractivity contribution is 6.30. The van der Waals surface area contributed by atoms with E-state index in [9.17, 15) is 0 Å². The summed E-state index contributed by atoms with van der Waals surface area (Å²) in [5.74, 6) is 0.926. The summed E-state index contributed by atoms with van der Waals surface area (Å²) >= 11 is 5.99. The molecule has 5 heteroatoms. The van der Waals surface area contributed by atoms with E-state index < -0.39 is 0 Å². The van der Waals surface area contributed by atoms with E-state index in [0.717, 1.165) is 36.3 Å². The summed E-state index contributed by atoms with van der Waals surface area (Å²) in [5.41, 5.74) is 2.09. The fourth-order valence-electron chi connectivity index (χ4n) is 2.57. The number of hydrogen-bond acceptors (Lipinski definition) is 4. The Bertz CT molecular complexity index is 423. The molecule has 0 amide bonds. The van der Waals surface area contributed by atoms with Crippen molar-refractivity contribution in [3.63, 3.8) is 0 Å². The van der Waals surface area contributed by atoms with Gasteiger partial charge in [0.25, 0.3) is 0 Å². The Labute approximate surface area is 113 Å². The van der Waals surface area contributed by atoms with Crippen LogP contribution in [0.4, 0.5) is 5.82 Å². The van der Waals surface area contributed by atoms with Gasteiger partial charge in [-0.15, -0.1) is 10.2 Å². The quantitative estimate of drug-likeness (QED) is 0.916. The second kappa shape index (κ2) is 5.85. The Hall–Kier alpha value is -0.870. The summed E-state index contributed by atoms with van der Waals surface area (Å²) in [6.45, 7) is 5.22. The molecule has 1 aromatic heterocycles. The molecule has 0 spiro atoms. The first-order valence-corrected chi connectivity index (χ1v) is 6.89. The van der Waals surface area contributed by atoms with Gasteiger partial charge in [0.05, 0.1) is 0 Å². The van der Waals surface area contributed by atoms with E-state index in [1.807, 2.05) is 13.8 Å². The lowest BCUT2D eigenvalue weighted by Crippen LogP contribution is -2.41. The summed E-state index contributed by atoms with van der Waals surface area (Å²) in [6, 6.07) is 0.373. The van der Waals surface area contributed by atoms with Gasteiger partial charge in [0.15, 0.2) is 11.0 Å². The van der Waals surface area contributed by atoms with Gasteiger partial charge >= 0.3 is 0 Å². The van der Waals surface area contributed by atoms with Crippen molar-refractivity contribution < 1.29 is 5.11 Å². The number of aliphatic hydroxyl groups excluding tert-OH is 1. The molecule has 0 aliphatic carbocycles. The smallest absolute Gasteiger partial charge is 0.155 e. The maximum atomic E-state index is 9.17. The van der Waals surface area contributed by atoms with Gasteiger partial charge in [0.1, 0.15) is 0 Å². The zero-order valence-electron chi connectivity index (χ0n) is 11.0. The number of aliphatic hydroxyl groups is 1. The van der Waals surface area contributed by atoms with Crippen molar-refractivity contribution in [2.75, 3.05) is 18.1 Å². The average molecular weight is 270 g/mol. The second-order valence-electron chi connectivity index (χ2n) is 4.92. The molecule has 1 N–H and O–H groups in total. The highest BCUT2D eigenvalue weighted by Gasteiger charge is 2.25. The Morgan fingerprint density at radius 3 is 2.78 bits per heavy atom. The summed E-state index contributed by atoms with van der Waals surface area (Å²) in [6.07, 6.45) is 4.30. The topological polar surface area (TPSA) is 49.2 Å². The van der Waals surface area contributed by atoms with Crippen LogP contribution in [0, 0.1) is 13.8 Å². The maximum absolute atomic E-state index is 9.17. The SMILES string of the molecule is Cc1c(Cl)nnc(N2CCCCC2CCO)c1C. The van der Waals surface area contributed by atoms with Crippen LogP contribution in [-0.2, 0) is 0 Å². The molecule has 1 aliphatic heterocycles. The average Bonchev–Trinajstić information content (AvgIpc) is 2.38. The van der Waals surface area contributed by atoms with E-state index in [1.165, 1.54) is 12.8 Å². The van der Waals surface area contributed by atoms with Crippen LogP contribution in [-0.4, -0.2) is 34.5 Å². The molecule has 1 aromatic rings. The fourth-order valence-corrected chi connectivity index (χ4v) is 2.74. The van der Waals surface area contributed by atoms with Crippen molar-refractivity contribution in [1.82, 2.24) is 10.2 Å². The molecule has 18 heavy (non-hydrogen) atoms. The summed E-state index contributed by atoms with van der Waals surface area (Å²) in [5, 5.41) is 17.9. The van der Waals surface area contributed by atoms with Crippen LogP contribution in [0.1, 0.15) is 36.8 Å². The van der Waals surface area contributed by atoms with E-state index in [2.05, 4.69) is 15.1 Å². The van der Waals surface area contributed by atoms with Crippen LogP contribution >= 0.6 is 11.6 Å². The minimum absolute atomic E-state index is 0.222. The number of hydrogen-bond donors (Lipinski definition) is 1. The van der Waals surface area contributed by atoms with Gasteiger partial charge < -0.3 is 10.0 Å². The number of aromatic nitrogens is 2. The van der Waals surface area contributed by atoms with Gasteiger partial charge in [-0.25, -0.2) is 0 Å². The molecule has 0 saturated carbocycles. The molecule has 1 fully saturated rings. The van der Waals surface area contributed by atoms with Gasteiger partial charge in [-0.05, 0) is 50.7 Å². The summed E-state index contributed by atoms with van der Waals surface area (Å²) in [4.78, 5) is 2.28. The van der Waals surface area contributed by atoms with Crippen molar-refractivity contribution in [3.05, 3.63) is 16.3 Å². The molecule has 1 atom stereocenters. The minimum atomic E-state index is 0.222. The van der Waals surface area contributed by atoms with Crippen LogP contribution in [0.5, 0.6) is 0 Å². The first kappa shape index (κ1) is 13.6. The molecule has 2 heterocycles. The van der Waals surface area contributed by atoms with Crippen molar-refractivity contribution in [3.8, 4) is 0 Å². The molecule has 1 unspecified atom stereocenters. The third kappa shape index (κ3) is 2.59. The second-order valence-corrected chi connectivity index (χ2v) is 5.28. The first-order valence-electron chi connectivity index (χ1n) is 6.52. The Balaban J connectivity index is 2.31. The molecule has 1 saturated heterocycles. The highest BCUT2D eigenvalue weighted by atomic mass is 35.5. The standard InChI is InChI=1S/C13H20ClN3O/c1-9-10(2)13(16-15-12(9)14)17-7-4-3-5-11(17)6-8-18/h11,18H,3-8H2,1-2H3. The van der Waals surface area contributed by atoms with E-state index in [0.29, 0.717) is 11.2 Å². The lowest BCUT2D eigenvalue weighted by Gasteiger charge is -2.37. The van der Waals surface area contributed by atoms with Crippen LogP contribution < -0.4 is 4.90 Å². The van der Waals surface area contributed by atoms with Gasteiger partial charge in [-0.3, -0.25) is 0 Å². The Morgan fingerprint density at radius 1 is 1.28 bits per heavy atom. The van der Waals surface area contributed by atoms with Crippen LogP contribution in [0.2, 0.25) is 5.15 Å². The zero-order chi connectivity index (χ0) is 13.1. The summed E-state index contributed by atoms with van der Waals surface area (Å²) < 4.78 is 0. The van der Waals surface area contributed by atoms with Crippen molar-refractivity contribution in [2.24, 2.45) is 0 Å². The third-order valence-electron chi connectivity index (χ3n) is 3.80. The predicted octanol–water partition coefficient (Wildman–Crippen LogP) is 2.49. The minimum Gasteiger partial charge on any atom is -0.396 e. The molecule has 0 bridgehead atoms. The first-order chi connectivity index (χ1) is 8.65. The van der Waals surface area contributed by atoms with Gasteiger partial charge in [-0.2, -0.15) is 0 Å². The monoisotopic (exact) mass is 269 g/mol. The van der Waals surface area contributed by atoms with Gasteiger partial charge in [0.2, 0.25) is 0 Å². The molecule has 0 radical (unpaired) electrons. The Kier molecular flexibility index (Phi) is 4.40. The molecular formula is C13H20ClN3O. The molecule has 1 aliphatic rings. The Morgan fingerprint density at radius 2 is 2.06 bits per heavy atom. The number of halogens is 1. The maximum Gasteiger partial charge on any atom is 0.155 e.